The number of hydrogen-bond donors (Lipinski definition) is 0. The Labute approximate surface area is 49.5 Å². The Kier molecular flexibility index (Phi) is 4.21. The Bertz CT molecular complexity index is 64.7. The first-order chi connectivity index (χ1) is 3.27. The van der Waals surface area contributed by atoms with E-state index in [9.17, 15) is 4.79 Å². The number of hydrogen-bond acceptors (Lipinski definition) is 1. The van der Waals surface area contributed by atoms with E-state index in [-0.39, 0.29) is 5.24 Å². The summed E-state index contributed by atoms with van der Waals surface area (Å²) >= 11 is 5.02. The molecule has 0 rings (SSSR count). The minimum atomic E-state index is -0.221. The van der Waals surface area contributed by atoms with Crippen molar-refractivity contribution in [3.05, 3.63) is 0 Å². The summed E-state index contributed by atoms with van der Waals surface area (Å²) in [7, 11) is 2.03. The van der Waals surface area contributed by atoms with E-state index in [4.69, 9.17) is 11.6 Å². The van der Waals surface area contributed by atoms with E-state index in [0.717, 1.165) is 12.7 Å². The molecule has 3 heteroatoms. The van der Waals surface area contributed by atoms with Gasteiger partial charge in [-0.25, -0.2) is 0 Å². The second kappa shape index (κ2) is 4.19. The van der Waals surface area contributed by atoms with Gasteiger partial charge in [-0.1, -0.05) is 12.7 Å². The molecule has 0 spiro atoms. The number of carbonyl (C=O) groups excluding carboxylic acids is 1. The standard InChI is InChI=1S/C4H8BClO/c5-3-1-2-4(6)7/h1-3,5H2. The lowest BCUT2D eigenvalue weighted by molar-refractivity contribution is -0.111. The lowest BCUT2D eigenvalue weighted by Gasteiger charge is -1.84. The van der Waals surface area contributed by atoms with Gasteiger partial charge >= 0.3 is 0 Å². The van der Waals surface area contributed by atoms with E-state index >= 15 is 0 Å². The van der Waals surface area contributed by atoms with Crippen LogP contribution >= 0.6 is 11.6 Å². The van der Waals surface area contributed by atoms with Crippen LogP contribution in [0.2, 0.25) is 6.32 Å². The van der Waals surface area contributed by atoms with Gasteiger partial charge in [0.2, 0.25) is 5.24 Å². The fraction of sp³-hybridized carbons (Fsp3) is 0.750. The molecule has 0 aliphatic rings. The fourth-order valence-corrected chi connectivity index (χ4v) is 0.449. The highest BCUT2D eigenvalue weighted by Gasteiger charge is 1.90. The summed E-state index contributed by atoms with van der Waals surface area (Å²) in [6, 6.07) is 0. The first-order valence-electron chi connectivity index (χ1n) is 2.45. The average Bonchev–Trinajstić information content (AvgIpc) is 1.61. The SMILES string of the molecule is BCCCC(=O)Cl. The topological polar surface area (TPSA) is 17.1 Å². The van der Waals surface area contributed by atoms with Gasteiger partial charge in [-0.2, -0.15) is 0 Å². The summed E-state index contributed by atoms with van der Waals surface area (Å²) in [4.78, 5) is 9.97. The molecule has 0 radical (unpaired) electrons. The van der Waals surface area contributed by atoms with Crippen molar-refractivity contribution in [2.75, 3.05) is 0 Å². The van der Waals surface area contributed by atoms with Crippen LogP contribution in [0.4, 0.5) is 0 Å². The third kappa shape index (κ3) is 6.02. The van der Waals surface area contributed by atoms with Crippen molar-refractivity contribution in [1.82, 2.24) is 0 Å². The Morgan fingerprint density at radius 1 is 1.71 bits per heavy atom. The maximum atomic E-state index is 9.97. The van der Waals surface area contributed by atoms with Gasteiger partial charge in [-0.3, -0.25) is 4.79 Å². The molecule has 0 aliphatic carbocycles. The van der Waals surface area contributed by atoms with Gasteiger partial charge < -0.3 is 0 Å². The molecule has 0 N–H and O–H groups in total. The maximum Gasteiger partial charge on any atom is 0.221 e. The second-order valence-electron chi connectivity index (χ2n) is 1.46. The van der Waals surface area contributed by atoms with E-state index in [1.807, 2.05) is 7.85 Å². The van der Waals surface area contributed by atoms with Crippen LogP contribution in [0.25, 0.3) is 0 Å². The number of halogens is 1. The van der Waals surface area contributed by atoms with Crippen LogP contribution in [0.15, 0.2) is 0 Å². The van der Waals surface area contributed by atoms with Crippen LogP contribution < -0.4 is 0 Å². The van der Waals surface area contributed by atoms with Crippen molar-refractivity contribution in [1.29, 1.82) is 0 Å². The van der Waals surface area contributed by atoms with Crippen molar-refractivity contribution < 1.29 is 4.79 Å². The predicted molar refractivity (Wildman–Crippen MR) is 33.4 cm³/mol. The van der Waals surface area contributed by atoms with Crippen molar-refractivity contribution in [2.45, 2.75) is 19.2 Å². The molecule has 40 valence electrons. The Balaban J connectivity index is 2.82. The highest BCUT2D eigenvalue weighted by atomic mass is 35.5. The average molecular weight is 118 g/mol. The summed E-state index contributed by atoms with van der Waals surface area (Å²) in [5.41, 5.74) is 0. The van der Waals surface area contributed by atoms with Crippen molar-refractivity contribution in [3.63, 3.8) is 0 Å². The van der Waals surface area contributed by atoms with E-state index in [0.29, 0.717) is 6.42 Å². The van der Waals surface area contributed by atoms with E-state index in [1.54, 1.807) is 0 Å². The van der Waals surface area contributed by atoms with Crippen molar-refractivity contribution in [3.8, 4) is 0 Å². The first kappa shape index (κ1) is 7.02. The van der Waals surface area contributed by atoms with E-state index in [2.05, 4.69) is 0 Å². The van der Waals surface area contributed by atoms with E-state index in [1.165, 1.54) is 0 Å². The second-order valence-corrected chi connectivity index (χ2v) is 1.88. The highest BCUT2D eigenvalue weighted by Crippen LogP contribution is 1.95. The van der Waals surface area contributed by atoms with Gasteiger partial charge in [0.25, 0.3) is 0 Å². The molecule has 0 heterocycles. The Morgan fingerprint density at radius 3 is 2.43 bits per heavy atom. The summed E-state index contributed by atoms with van der Waals surface area (Å²) < 4.78 is 0. The summed E-state index contributed by atoms with van der Waals surface area (Å²) in [6.45, 7) is 0. The van der Waals surface area contributed by atoms with Crippen LogP contribution in [0, 0.1) is 0 Å². The summed E-state index contributed by atoms with van der Waals surface area (Å²) in [5.74, 6) is 0. The zero-order valence-electron chi connectivity index (χ0n) is 4.41. The van der Waals surface area contributed by atoms with Crippen LogP contribution in [0.1, 0.15) is 12.8 Å². The third-order valence-electron chi connectivity index (χ3n) is 0.727. The molecule has 0 aliphatic heterocycles. The lowest BCUT2D eigenvalue weighted by atomic mass is 10.0. The van der Waals surface area contributed by atoms with Crippen LogP contribution in [0.3, 0.4) is 0 Å². The monoisotopic (exact) mass is 118 g/mol. The molecule has 0 saturated carbocycles. The molecular weight excluding hydrogens is 110 g/mol. The molecule has 0 bridgehead atoms. The number of rotatable bonds is 3. The quantitative estimate of drug-likeness (QED) is 0.391. The normalized spacial score (nSPS) is 8.71. The van der Waals surface area contributed by atoms with Gasteiger partial charge in [-0.15, -0.1) is 0 Å². The first-order valence-corrected chi connectivity index (χ1v) is 2.83. The summed E-state index contributed by atoms with van der Waals surface area (Å²) in [6.07, 6.45) is 2.48. The molecule has 0 atom stereocenters. The number of carbonyl (C=O) groups is 1. The minimum absolute atomic E-state index is 0.221. The van der Waals surface area contributed by atoms with Gasteiger partial charge in [0.15, 0.2) is 0 Å². The predicted octanol–water partition coefficient (Wildman–Crippen LogP) is 0.583. The fourth-order valence-electron chi connectivity index (χ4n) is 0.316. The van der Waals surface area contributed by atoms with Crippen molar-refractivity contribution in [2.24, 2.45) is 0 Å². The van der Waals surface area contributed by atoms with Gasteiger partial charge in [0.05, 0.1) is 0 Å². The molecule has 0 aromatic rings. The minimum Gasteiger partial charge on any atom is -0.281 e. The maximum absolute atomic E-state index is 9.97. The van der Waals surface area contributed by atoms with Crippen molar-refractivity contribution >= 4 is 24.7 Å². The van der Waals surface area contributed by atoms with E-state index < -0.39 is 0 Å². The highest BCUT2D eigenvalue weighted by molar-refractivity contribution is 6.63. The molecule has 0 amide bonds. The summed E-state index contributed by atoms with van der Waals surface area (Å²) in [5, 5.41) is -0.221. The van der Waals surface area contributed by atoms with Gasteiger partial charge in [0, 0.05) is 6.42 Å². The van der Waals surface area contributed by atoms with Crippen LogP contribution in [-0.2, 0) is 4.79 Å². The molecule has 0 fully saturated rings. The van der Waals surface area contributed by atoms with Gasteiger partial charge in [-0.05, 0) is 11.6 Å². The Morgan fingerprint density at radius 2 is 2.29 bits per heavy atom. The molecule has 1 nitrogen and oxygen atoms in total. The molecule has 0 aromatic heterocycles. The third-order valence-corrected chi connectivity index (χ3v) is 0.916. The molecule has 0 aromatic carbocycles. The largest absolute Gasteiger partial charge is 0.281 e. The molecule has 0 saturated heterocycles. The zero-order valence-corrected chi connectivity index (χ0v) is 5.16. The Hall–Kier alpha value is 0.0249. The van der Waals surface area contributed by atoms with Crippen LogP contribution in [0.5, 0.6) is 0 Å². The molecule has 0 unspecified atom stereocenters. The molecule has 7 heavy (non-hydrogen) atoms. The van der Waals surface area contributed by atoms with Gasteiger partial charge in [0.1, 0.15) is 7.85 Å². The van der Waals surface area contributed by atoms with Crippen LogP contribution in [-0.4, -0.2) is 13.1 Å². The smallest absolute Gasteiger partial charge is 0.221 e. The zero-order chi connectivity index (χ0) is 5.70. The molecular formula is C4H8BClO. The lowest BCUT2D eigenvalue weighted by Crippen LogP contribution is -1.83.